The Labute approximate surface area is 196 Å². The summed E-state index contributed by atoms with van der Waals surface area (Å²) in [6, 6.07) is 3.53. The van der Waals surface area contributed by atoms with Crippen molar-refractivity contribution in [1.29, 1.82) is 0 Å². The van der Waals surface area contributed by atoms with Crippen LogP contribution in [0.5, 0.6) is 0 Å². The van der Waals surface area contributed by atoms with Gasteiger partial charge in [0.2, 0.25) is 17.7 Å². The minimum Gasteiger partial charge on any atom is -0.481 e. The molecule has 0 radical (unpaired) electrons. The first-order chi connectivity index (χ1) is 15.8. The highest BCUT2D eigenvalue weighted by molar-refractivity contribution is 5.95. The van der Waals surface area contributed by atoms with Crippen molar-refractivity contribution in [3.8, 4) is 0 Å². The van der Waals surface area contributed by atoms with E-state index in [4.69, 9.17) is 15.9 Å². The largest absolute Gasteiger partial charge is 0.481 e. The van der Waals surface area contributed by atoms with Crippen molar-refractivity contribution in [2.75, 3.05) is 0 Å². The van der Waals surface area contributed by atoms with Crippen molar-refractivity contribution in [2.45, 2.75) is 63.9 Å². The second-order valence-electron chi connectivity index (χ2n) is 8.25. The van der Waals surface area contributed by atoms with Crippen LogP contribution in [-0.2, 0) is 30.4 Å². The maximum Gasteiger partial charge on any atom is 0.326 e. The van der Waals surface area contributed by atoms with E-state index in [1.807, 2.05) is 6.07 Å². The quantitative estimate of drug-likeness (QED) is 0.177. The van der Waals surface area contributed by atoms with Crippen LogP contribution in [0, 0.1) is 5.92 Å². The maximum absolute atomic E-state index is 12.8. The van der Waals surface area contributed by atoms with Crippen molar-refractivity contribution in [2.24, 2.45) is 11.7 Å². The average molecular weight is 481 g/mol. The molecule has 0 bridgehead atoms. The third-order valence-electron chi connectivity index (χ3n) is 4.94. The van der Waals surface area contributed by atoms with Crippen molar-refractivity contribution in [3.63, 3.8) is 0 Å². The van der Waals surface area contributed by atoms with Gasteiger partial charge in [0.15, 0.2) is 0 Å². The predicted octanol–water partition coefficient (Wildman–Crippen LogP) is -1.39. The molecule has 1 aromatic carbocycles. The van der Waals surface area contributed by atoms with Gasteiger partial charge in [-0.25, -0.2) is 4.79 Å². The number of rotatable bonds is 13. The maximum atomic E-state index is 12.8. The van der Waals surface area contributed by atoms with Crippen LogP contribution in [0.15, 0.2) is 30.3 Å². The summed E-state index contributed by atoms with van der Waals surface area (Å²) in [6.45, 7) is 4.41. The summed E-state index contributed by atoms with van der Waals surface area (Å²) in [7, 11) is 0. The van der Waals surface area contributed by atoms with Crippen LogP contribution in [0.4, 0.5) is 0 Å². The molecule has 5 atom stereocenters. The Hall–Kier alpha value is -3.51. The molecular weight excluding hydrogens is 448 g/mol. The van der Waals surface area contributed by atoms with Crippen molar-refractivity contribution in [1.82, 2.24) is 16.0 Å². The van der Waals surface area contributed by atoms with Gasteiger partial charge in [-0.1, -0.05) is 44.2 Å². The molecule has 0 spiro atoms. The van der Waals surface area contributed by atoms with E-state index in [0.717, 1.165) is 5.56 Å². The number of carbonyl (C=O) groups is 5. The Morgan fingerprint density at radius 3 is 1.85 bits per heavy atom. The fourth-order valence-electron chi connectivity index (χ4n) is 3.04. The van der Waals surface area contributed by atoms with Gasteiger partial charge in [-0.15, -0.1) is 0 Å². The number of nitrogens with one attached hydrogen (secondary N) is 3. The number of carboxylic acid groups (broad SMARTS) is 2. The molecule has 0 aliphatic heterocycles. The number of hydrogen-bond donors (Lipinski definition) is 7. The second kappa shape index (κ2) is 13.3. The summed E-state index contributed by atoms with van der Waals surface area (Å²) in [6.07, 6.45) is -2.01. The molecule has 0 saturated carbocycles. The molecule has 0 fully saturated rings. The summed E-state index contributed by atoms with van der Waals surface area (Å²) in [5.41, 5.74) is 6.73. The summed E-state index contributed by atoms with van der Waals surface area (Å²) >= 11 is 0. The molecule has 8 N–H and O–H groups in total. The van der Waals surface area contributed by atoms with E-state index in [1.54, 1.807) is 38.1 Å². The van der Waals surface area contributed by atoms with E-state index in [1.165, 1.54) is 6.92 Å². The highest BCUT2D eigenvalue weighted by Gasteiger charge is 2.34. The smallest absolute Gasteiger partial charge is 0.326 e. The van der Waals surface area contributed by atoms with Gasteiger partial charge in [0.05, 0.1) is 18.6 Å². The highest BCUT2D eigenvalue weighted by atomic mass is 16.4. The van der Waals surface area contributed by atoms with Gasteiger partial charge in [-0.05, 0) is 24.8 Å². The Morgan fingerprint density at radius 2 is 1.38 bits per heavy atom. The molecule has 0 aliphatic carbocycles. The fraction of sp³-hybridized carbons (Fsp3) is 0.500. The van der Waals surface area contributed by atoms with E-state index in [0.29, 0.717) is 0 Å². The number of nitrogens with two attached hydrogens (primary N) is 1. The van der Waals surface area contributed by atoms with Crippen LogP contribution in [0.2, 0.25) is 0 Å². The first-order valence-electron chi connectivity index (χ1n) is 10.7. The van der Waals surface area contributed by atoms with Crippen LogP contribution in [0.3, 0.4) is 0 Å². The highest BCUT2D eigenvalue weighted by Crippen LogP contribution is 2.07. The van der Waals surface area contributed by atoms with Gasteiger partial charge in [-0.3, -0.25) is 19.2 Å². The zero-order chi connectivity index (χ0) is 26.0. The zero-order valence-electron chi connectivity index (χ0n) is 19.2. The number of hydrogen-bond acceptors (Lipinski definition) is 7. The number of aliphatic hydroxyl groups excluding tert-OH is 1. The van der Waals surface area contributed by atoms with Crippen LogP contribution in [-0.4, -0.2) is 75.3 Å². The van der Waals surface area contributed by atoms with E-state index < -0.39 is 72.3 Å². The molecule has 1 aromatic rings. The molecule has 0 aliphatic rings. The lowest BCUT2D eigenvalue weighted by molar-refractivity contribution is -0.147. The van der Waals surface area contributed by atoms with Crippen LogP contribution >= 0.6 is 0 Å². The molecule has 0 saturated heterocycles. The lowest BCUT2D eigenvalue weighted by Gasteiger charge is -2.28. The average Bonchev–Trinajstić information content (AvgIpc) is 2.74. The van der Waals surface area contributed by atoms with Gasteiger partial charge in [0.1, 0.15) is 18.1 Å². The SMILES string of the molecule is CC(C)C(NC(=O)C(NC(=O)C(N)Cc1ccccc1)C(C)O)C(=O)NC(CC(=O)O)C(=O)O. The van der Waals surface area contributed by atoms with Gasteiger partial charge >= 0.3 is 11.9 Å². The number of aliphatic hydroxyl groups is 1. The van der Waals surface area contributed by atoms with Crippen molar-refractivity contribution in [3.05, 3.63) is 35.9 Å². The summed E-state index contributed by atoms with van der Waals surface area (Å²) < 4.78 is 0. The normalized spacial score (nSPS) is 15.4. The first kappa shape index (κ1) is 28.5. The molecule has 12 nitrogen and oxygen atoms in total. The Kier molecular flexibility index (Phi) is 11.1. The van der Waals surface area contributed by atoms with Crippen molar-refractivity contribution < 1.29 is 39.3 Å². The number of carbonyl (C=O) groups excluding carboxylic acids is 3. The van der Waals surface area contributed by atoms with Crippen LogP contribution < -0.4 is 21.7 Å². The molecule has 0 aromatic heterocycles. The Balaban J connectivity index is 2.89. The molecule has 5 unspecified atom stereocenters. The zero-order valence-corrected chi connectivity index (χ0v) is 19.2. The van der Waals surface area contributed by atoms with Gasteiger partial charge in [0.25, 0.3) is 0 Å². The van der Waals surface area contributed by atoms with Crippen LogP contribution in [0.25, 0.3) is 0 Å². The van der Waals surface area contributed by atoms with Gasteiger partial charge in [0, 0.05) is 0 Å². The monoisotopic (exact) mass is 480 g/mol. The van der Waals surface area contributed by atoms with Crippen molar-refractivity contribution >= 4 is 29.7 Å². The summed E-state index contributed by atoms with van der Waals surface area (Å²) in [5, 5.41) is 34.9. The van der Waals surface area contributed by atoms with E-state index in [-0.39, 0.29) is 6.42 Å². The Morgan fingerprint density at radius 1 is 0.853 bits per heavy atom. The minimum atomic E-state index is -1.70. The lowest BCUT2D eigenvalue weighted by Crippen LogP contribution is -2.61. The Bertz CT molecular complexity index is 875. The summed E-state index contributed by atoms with van der Waals surface area (Å²) in [5.74, 6) is -6.02. The molecule has 188 valence electrons. The second-order valence-corrected chi connectivity index (χ2v) is 8.25. The summed E-state index contributed by atoms with van der Waals surface area (Å²) in [4.78, 5) is 60.0. The number of amides is 3. The first-order valence-corrected chi connectivity index (χ1v) is 10.7. The standard InChI is InChI=1S/C22H32N4O8/c1-11(2)17(20(31)24-15(22(33)34)10-16(28)29)25-21(32)18(12(3)27)26-19(30)14(23)9-13-7-5-4-6-8-13/h4-8,11-12,14-15,17-18,27H,9-10,23H2,1-3H3,(H,24,31)(H,25,32)(H,26,30)(H,28,29)(H,33,34). The number of aliphatic carboxylic acids is 2. The van der Waals surface area contributed by atoms with Gasteiger partial charge in [-0.2, -0.15) is 0 Å². The third kappa shape index (κ3) is 9.16. The fourth-order valence-corrected chi connectivity index (χ4v) is 3.04. The predicted molar refractivity (Wildman–Crippen MR) is 120 cm³/mol. The minimum absolute atomic E-state index is 0.192. The van der Waals surface area contributed by atoms with E-state index in [9.17, 15) is 29.1 Å². The molecule has 34 heavy (non-hydrogen) atoms. The number of carboxylic acids is 2. The number of benzene rings is 1. The van der Waals surface area contributed by atoms with E-state index >= 15 is 0 Å². The molecule has 1 rings (SSSR count). The molecule has 12 heteroatoms. The van der Waals surface area contributed by atoms with E-state index in [2.05, 4.69) is 16.0 Å². The third-order valence-corrected chi connectivity index (χ3v) is 4.94. The van der Waals surface area contributed by atoms with Gasteiger partial charge < -0.3 is 37.0 Å². The van der Waals surface area contributed by atoms with Crippen LogP contribution in [0.1, 0.15) is 32.8 Å². The topological polar surface area (TPSA) is 208 Å². The molecular formula is C22H32N4O8. The molecule has 0 heterocycles. The molecule has 3 amide bonds. The lowest BCUT2D eigenvalue weighted by atomic mass is 10.0.